The minimum atomic E-state index is 0.596. The Hall–Kier alpha value is -1.27. The van der Waals surface area contributed by atoms with Gasteiger partial charge in [-0.25, -0.2) is 0 Å². The highest BCUT2D eigenvalue weighted by Gasteiger charge is 1.96. The molecular formula is C15H15Cl. The van der Waals surface area contributed by atoms with Gasteiger partial charge in [0.05, 0.1) is 0 Å². The van der Waals surface area contributed by atoms with E-state index in [1.165, 1.54) is 16.7 Å². The summed E-state index contributed by atoms with van der Waals surface area (Å²) in [5, 5.41) is 0. The molecular weight excluding hydrogens is 218 g/mol. The Morgan fingerprint density at radius 2 is 1.31 bits per heavy atom. The van der Waals surface area contributed by atoms with Crippen molar-refractivity contribution in [3.63, 3.8) is 0 Å². The van der Waals surface area contributed by atoms with Gasteiger partial charge in [0.25, 0.3) is 0 Å². The van der Waals surface area contributed by atoms with E-state index in [2.05, 4.69) is 54.6 Å². The zero-order valence-corrected chi connectivity index (χ0v) is 9.95. The molecule has 0 nitrogen and oxygen atoms in total. The van der Waals surface area contributed by atoms with Gasteiger partial charge in [0.15, 0.2) is 0 Å². The van der Waals surface area contributed by atoms with Crippen molar-refractivity contribution in [2.45, 2.75) is 18.7 Å². The molecule has 0 radical (unpaired) electrons. The van der Waals surface area contributed by atoms with Crippen molar-refractivity contribution < 1.29 is 0 Å². The Labute approximate surface area is 102 Å². The molecule has 0 saturated heterocycles. The third kappa shape index (κ3) is 3.11. The van der Waals surface area contributed by atoms with Gasteiger partial charge in [0.1, 0.15) is 0 Å². The van der Waals surface area contributed by atoms with Crippen LogP contribution < -0.4 is 0 Å². The summed E-state index contributed by atoms with van der Waals surface area (Å²) in [7, 11) is 0. The van der Waals surface area contributed by atoms with Gasteiger partial charge in [-0.2, -0.15) is 0 Å². The van der Waals surface area contributed by atoms with Gasteiger partial charge in [-0.05, 0) is 29.5 Å². The standard InChI is InChI=1S/C15H15Cl/c16-12-15-10-8-14(9-11-15)7-6-13-4-2-1-3-5-13/h1-5,8-11H,6-7,12H2/i12+2. The molecule has 0 N–H and O–H groups in total. The van der Waals surface area contributed by atoms with Gasteiger partial charge in [0, 0.05) is 5.88 Å². The molecule has 1 heteroatoms. The van der Waals surface area contributed by atoms with Crippen molar-refractivity contribution >= 4 is 11.6 Å². The van der Waals surface area contributed by atoms with Gasteiger partial charge in [-0.1, -0.05) is 54.6 Å². The fourth-order valence-corrected chi connectivity index (χ4v) is 1.91. The molecule has 2 aromatic carbocycles. The number of benzene rings is 2. The van der Waals surface area contributed by atoms with E-state index in [4.69, 9.17) is 11.6 Å². The predicted octanol–water partition coefficient (Wildman–Crippen LogP) is 4.21. The second-order valence-electron chi connectivity index (χ2n) is 3.94. The van der Waals surface area contributed by atoms with Crippen LogP contribution in [0.25, 0.3) is 0 Å². The third-order valence-corrected chi connectivity index (χ3v) is 3.03. The first kappa shape index (κ1) is 11.2. The Morgan fingerprint density at radius 3 is 1.88 bits per heavy atom. The summed E-state index contributed by atoms with van der Waals surface area (Å²) in [5.74, 6) is 0.596. The largest absolute Gasteiger partial charge is 0.122 e. The van der Waals surface area contributed by atoms with E-state index in [9.17, 15) is 0 Å². The van der Waals surface area contributed by atoms with Crippen LogP contribution in [0, 0.1) is 0 Å². The number of halogens is 1. The summed E-state index contributed by atoms with van der Waals surface area (Å²) >= 11 is 5.75. The molecule has 0 fully saturated rings. The summed E-state index contributed by atoms with van der Waals surface area (Å²) in [4.78, 5) is 0. The molecule has 0 bridgehead atoms. The van der Waals surface area contributed by atoms with Crippen LogP contribution in [-0.2, 0) is 18.7 Å². The minimum Gasteiger partial charge on any atom is -0.122 e. The average Bonchev–Trinajstić information content (AvgIpc) is 2.38. The molecule has 16 heavy (non-hydrogen) atoms. The lowest BCUT2D eigenvalue weighted by Gasteiger charge is -2.03. The third-order valence-electron chi connectivity index (χ3n) is 2.72. The summed E-state index contributed by atoms with van der Waals surface area (Å²) in [6.45, 7) is 0. The molecule has 0 saturated carbocycles. The predicted molar refractivity (Wildman–Crippen MR) is 69.8 cm³/mol. The zero-order valence-electron chi connectivity index (χ0n) is 9.20. The average molecular weight is 233 g/mol. The van der Waals surface area contributed by atoms with E-state index >= 15 is 0 Å². The van der Waals surface area contributed by atoms with Crippen LogP contribution in [0.15, 0.2) is 54.6 Å². The lowest BCUT2D eigenvalue weighted by atomic mass is 10.0. The lowest BCUT2D eigenvalue weighted by Crippen LogP contribution is -1.91. The summed E-state index contributed by atoms with van der Waals surface area (Å²) in [6.07, 6.45) is 2.19. The number of aryl methyl sites for hydroxylation is 2. The zero-order chi connectivity index (χ0) is 11.2. The highest BCUT2D eigenvalue weighted by atomic mass is 35.5. The van der Waals surface area contributed by atoms with Crippen molar-refractivity contribution in [1.29, 1.82) is 0 Å². The maximum atomic E-state index is 5.75. The Bertz CT molecular complexity index is 417. The monoisotopic (exact) mass is 232 g/mol. The second kappa shape index (κ2) is 5.72. The van der Waals surface area contributed by atoms with E-state index in [0.29, 0.717) is 5.88 Å². The van der Waals surface area contributed by atoms with Gasteiger partial charge < -0.3 is 0 Å². The second-order valence-corrected chi connectivity index (χ2v) is 4.20. The lowest BCUT2D eigenvalue weighted by molar-refractivity contribution is 0.959. The van der Waals surface area contributed by atoms with Crippen LogP contribution in [0.3, 0.4) is 0 Å². The SMILES string of the molecule is Cl[14CH2]c1ccc(CCc2ccccc2)cc1. The van der Waals surface area contributed by atoms with E-state index in [-0.39, 0.29) is 0 Å². The van der Waals surface area contributed by atoms with Gasteiger partial charge >= 0.3 is 0 Å². The Kier molecular flexibility index (Phi) is 4.01. The van der Waals surface area contributed by atoms with Crippen LogP contribution in [0.4, 0.5) is 0 Å². The van der Waals surface area contributed by atoms with E-state index in [1.807, 2.05) is 0 Å². The van der Waals surface area contributed by atoms with Crippen LogP contribution in [-0.4, -0.2) is 0 Å². The van der Waals surface area contributed by atoms with Crippen molar-refractivity contribution in [1.82, 2.24) is 0 Å². The highest BCUT2D eigenvalue weighted by molar-refractivity contribution is 6.17. The molecule has 0 heterocycles. The highest BCUT2D eigenvalue weighted by Crippen LogP contribution is 2.10. The maximum Gasteiger partial charge on any atom is 0.0474 e. The summed E-state index contributed by atoms with van der Waals surface area (Å²) in [5.41, 5.74) is 3.95. The summed E-state index contributed by atoms with van der Waals surface area (Å²) in [6, 6.07) is 19.1. The van der Waals surface area contributed by atoms with Crippen molar-refractivity contribution in [2.75, 3.05) is 0 Å². The molecule has 2 aromatic rings. The first-order chi connectivity index (χ1) is 7.88. The van der Waals surface area contributed by atoms with Crippen molar-refractivity contribution in [3.05, 3.63) is 71.3 Å². The fourth-order valence-electron chi connectivity index (χ4n) is 1.73. The van der Waals surface area contributed by atoms with Crippen LogP contribution in [0.2, 0.25) is 0 Å². The van der Waals surface area contributed by atoms with E-state index < -0.39 is 0 Å². The van der Waals surface area contributed by atoms with E-state index in [0.717, 1.165) is 12.8 Å². The molecule has 0 aromatic heterocycles. The molecule has 82 valence electrons. The molecule has 0 aliphatic heterocycles. The molecule has 0 atom stereocenters. The van der Waals surface area contributed by atoms with Gasteiger partial charge in [-0.15, -0.1) is 11.6 Å². The normalized spacial score (nSPS) is 10.3. The van der Waals surface area contributed by atoms with Crippen LogP contribution in [0.1, 0.15) is 16.7 Å². The molecule has 0 aliphatic rings. The first-order valence-electron chi connectivity index (χ1n) is 5.56. The smallest absolute Gasteiger partial charge is 0.0474 e. The Balaban J connectivity index is 1.94. The quantitative estimate of drug-likeness (QED) is 0.693. The molecule has 0 aliphatic carbocycles. The minimum absolute atomic E-state index is 0.596. The Morgan fingerprint density at radius 1 is 0.750 bits per heavy atom. The summed E-state index contributed by atoms with van der Waals surface area (Å²) < 4.78 is 0. The number of hydrogen-bond donors (Lipinski definition) is 0. The molecule has 0 amide bonds. The molecule has 0 unspecified atom stereocenters. The number of alkyl halides is 1. The van der Waals surface area contributed by atoms with Crippen molar-refractivity contribution in [2.24, 2.45) is 0 Å². The van der Waals surface area contributed by atoms with E-state index in [1.54, 1.807) is 0 Å². The topological polar surface area (TPSA) is 0 Å². The van der Waals surface area contributed by atoms with Crippen molar-refractivity contribution in [3.8, 4) is 0 Å². The molecule has 2 rings (SSSR count). The van der Waals surface area contributed by atoms with Gasteiger partial charge in [0.2, 0.25) is 0 Å². The fraction of sp³-hybridized carbons (Fsp3) is 0.200. The maximum absolute atomic E-state index is 5.75. The number of rotatable bonds is 4. The first-order valence-corrected chi connectivity index (χ1v) is 6.09. The number of hydrogen-bond acceptors (Lipinski definition) is 0. The molecule has 0 spiro atoms. The van der Waals surface area contributed by atoms with Crippen LogP contribution >= 0.6 is 11.6 Å². The van der Waals surface area contributed by atoms with Gasteiger partial charge in [-0.3, -0.25) is 0 Å². The van der Waals surface area contributed by atoms with Crippen LogP contribution in [0.5, 0.6) is 0 Å².